The Morgan fingerprint density at radius 2 is 1.72 bits per heavy atom. The molecule has 0 bridgehead atoms. The fraction of sp³-hybridized carbons (Fsp3) is 0.308. The Balaban J connectivity index is 1.78. The number of fused-ring (bicyclic) bond motifs is 3. The largest absolute Gasteiger partial charge is 0.311 e. The smallest absolute Gasteiger partial charge is 0.256 e. The molecule has 2 heterocycles. The van der Waals surface area contributed by atoms with Gasteiger partial charge in [0.2, 0.25) is 0 Å². The van der Waals surface area contributed by atoms with Gasteiger partial charge in [0, 0.05) is 34.7 Å². The van der Waals surface area contributed by atoms with Gasteiger partial charge in [0.25, 0.3) is 11.8 Å². The summed E-state index contributed by atoms with van der Waals surface area (Å²) in [6.07, 6.45) is 8.06. The SMILES string of the molecule is CC12CC=CC=C1C(=O)N1CCCCN(C(=O)c3ccc(F)cc3)C12c1ccc(Cl)cc1. The van der Waals surface area contributed by atoms with Crippen molar-refractivity contribution in [3.05, 3.63) is 94.3 Å². The minimum absolute atomic E-state index is 0.0365. The van der Waals surface area contributed by atoms with Crippen molar-refractivity contribution in [2.75, 3.05) is 13.1 Å². The van der Waals surface area contributed by atoms with Gasteiger partial charge in [-0.2, -0.15) is 0 Å². The normalized spacial score (nSPS) is 27.0. The first kappa shape index (κ1) is 21.0. The lowest BCUT2D eigenvalue weighted by molar-refractivity contribution is -0.138. The van der Waals surface area contributed by atoms with Crippen LogP contribution in [-0.2, 0) is 10.5 Å². The van der Waals surface area contributed by atoms with Crippen LogP contribution < -0.4 is 0 Å². The first-order valence-corrected chi connectivity index (χ1v) is 11.3. The maximum atomic E-state index is 14.0. The predicted octanol–water partition coefficient (Wildman–Crippen LogP) is 5.30. The van der Waals surface area contributed by atoms with E-state index in [-0.39, 0.29) is 11.8 Å². The third-order valence-electron chi connectivity index (χ3n) is 7.14. The Hall–Kier alpha value is -2.92. The molecule has 6 heteroatoms. The van der Waals surface area contributed by atoms with E-state index in [0.717, 1.165) is 18.4 Å². The Bertz CT molecular complexity index is 1140. The summed E-state index contributed by atoms with van der Waals surface area (Å²) >= 11 is 6.21. The Morgan fingerprint density at radius 3 is 2.44 bits per heavy atom. The summed E-state index contributed by atoms with van der Waals surface area (Å²) in [5.74, 6) is -0.639. The second-order valence-corrected chi connectivity index (χ2v) is 9.29. The number of carbonyl (C=O) groups excluding carboxylic acids is 2. The molecule has 164 valence electrons. The molecule has 2 fully saturated rings. The number of hydrogen-bond acceptors (Lipinski definition) is 2. The van der Waals surface area contributed by atoms with Crippen molar-refractivity contribution in [3.8, 4) is 0 Å². The molecule has 1 aliphatic carbocycles. The highest BCUT2D eigenvalue weighted by Crippen LogP contribution is 2.61. The summed E-state index contributed by atoms with van der Waals surface area (Å²) in [6.45, 7) is 3.13. The molecular weight excluding hydrogens is 427 g/mol. The third kappa shape index (κ3) is 2.80. The molecule has 5 rings (SSSR count). The first-order chi connectivity index (χ1) is 15.4. The van der Waals surface area contributed by atoms with Crippen LogP contribution in [0.25, 0.3) is 0 Å². The number of nitrogens with zero attached hydrogens (tertiary/aromatic N) is 2. The van der Waals surface area contributed by atoms with E-state index >= 15 is 0 Å². The summed E-state index contributed by atoms with van der Waals surface area (Å²) in [4.78, 5) is 31.4. The van der Waals surface area contributed by atoms with Crippen LogP contribution in [0, 0.1) is 11.2 Å². The van der Waals surface area contributed by atoms with Gasteiger partial charge in [-0.1, -0.05) is 48.9 Å². The Labute approximate surface area is 192 Å². The van der Waals surface area contributed by atoms with Gasteiger partial charge in [-0.05, 0) is 61.2 Å². The van der Waals surface area contributed by atoms with E-state index in [4.69, 9.17) is 11.6 Å². The molecule has 0 aromatic heterocycles. The van der Waals surface area contributed by atoms with Crippen LogP contribution in [0.4, 0.5) is 4.39 Å². The summed E-state index contributed by atoms with van der Waals surface area (Å²) in [6, 6.07) is 13.1. The van der Waals surface area contributed by atoms with E-state index in [9.17, 15) is 14.0 Å². The molecule has 2 aromatic rings. The van der Waals surface area contributed by atoms with Crippen molar-refractivity contribution in [3.63, 3.8) is 0 Å². The Kier molecular flexibility index (Phi) is 4.97. The number of benzene rings is 2. The van der Waals surface area contributed by atoms with Crippen molar-refractivity contribution < 1.29 is 14.0 Å². The molecule has 4 nitrogen and oxygen atoms in total. The molecule has 0 saturated carbocycles. The highest BCUT2D eigenvalue weighted by atomic mass is 35.5. The molecule has 0 spiro atoms. The van der Waals surface area contributed by atoms with Gasteiger partial charge in [-0.3, -0.25) is 9.59 Å². The van der Waals surface area contributed by atoms with Crippen LogP contribution in [-0.4, -0.2) is 34.7 Å². The zero-order chi connectivity index (χ0) is 22.5. The van der Waals surface area contributed by atoms with Crippen LogP contribution in [0.5, 0.6) is 0 Å². The number of allylic oxidation sites excluding steroid dienone is 3. The lowest BCUT2D eigenvalue weighted by Crippen LogP contribution is -2.63. The maximum absolute atomic E-state index is 14.0. The highest BCUT2D eigenvalue weighted by Gasteiger charge is 2.67. The summed E-state index contributed by atoms with van der Waals surface area (Å²) in [7, 11) is 0. The summed E-state index contributed by atoms with van der Waals surface area (Å²) in [5.41, 5.74) is 0.323. The van der Waals surface area contributed by atoms with Crippen LogP contribution in [0.2, 0.25) is 5.02 Å². The molecule has 2 unspecified atom stereocenters. The van der Waals surface area contributed by atoms with Gasteiger partial charge in [-0.15, -0.1) is 0 Å². The quantitative estimate of drug-likeness (QED) is 0.622. The topological polar surface area (TPSA) is 40.6 Å². The molecule has 2 aliphatic heterocycles. The average molecular weight is 451 g/mol. The molecular formula is C26H24ClFN2O2. The summed E-state index contributed by atoms with van der Waals surface area (Å²) in [5, 5.41) is 0.593. The van der Waals surface area contributed by atoms with E-state index in [1.54, 1.807) is 0 Å². The van der Waals surface area contributed by atoms with Crippen molar-refractivity contribution >= 4 is 23.4 Å². The number of rotatable bonds is 2. The average Bonchev–Trinajstić information content (AvgIpc) is 2.91. The molecule has 2 amide bonds. The van der Waals surface area contributed by atoms with E-state index < -0.39 is 16.9 Å². The number of halogens is 2. The third-order valence-corrected chi connectivity index (χ3v) is 7.39. The predicted molar refractivity (Wildman–Crippen MR) is 121 cm³/mol. The minimum Gasteiger partial charge on any atom is -0.311 e. The number of amides is 2. The van der Waals surface area contributed by atoms with E-state index in [1.165, 1.54) is 24.3 Å². The first-order valence-electron chi connectivity index (χ1n) is 10.9. The van der Waals surface area contributed by atoms with E-state index in [1.807, 2.05) is 46.2 Å². The number of hydrogen-bond donors (Lipinski definition) is 0. The maximum Gasteiger partial charge on any atom is 0.256 e. The van der Waals surface area contributed by atoms with E-state index in [0.29, 0.717) is 35.7 Å². The molecule has 2 saturated heterocycles. The number of carbonyl (C=O) groups is 2. The second kappa shape index (κ2) is 7.59. The van der Waals surface area contributed by atoms with Crippen molar-refractivity contribution in [1.82, 2.24) is 9.80 Å². The van der Waals surface area contributed by atoms with Crippen molar-refractivity contribution in [2.24, 2.45) is 5.41 Å². The zero-order valence-electron chi connectivity index (χ0n) is 17.9. The lowest BCUT2D eigenvalue weighted by Gasteiger charge is -2.53. The molecule has 3 aliphatic rings. The molecule has 2 aromatic carbocycles. The fourth-order valence-electron chi connectivity index (χ4n) is 5.71. The van der Waals surface area contributed by atoms with E-state index in [2.05, 4.69) is 13.0 Å². The van der Waals surface area contributed by atoms with Crippen LogP contribution >= 0.6 is 11.6 Å². The molecule has 32 heavy (non-hydrogen) atoms. The van der Waals surface area contributed by atoms with Crippen molar-refractivity contribution in [1.29, 1.82) is 0 Å². The second-order valence-electron chi connectivity index (χ2n) is 8.85. The van der Waals surface area contributed by atoms with Gasteiger partial charge < -0.3 is 9.80 Å². The molecule has 0 N–H and O–H groups in total. The fourth-order valence-corrected chi connectivity index (χ4v) is 5.83. The molecule has 0 radical (unpaired) electrons. The lowest BCUT2D eigenvalue weighted by atomic mass is 9.66. The van der Waals surface area contributed by atoms with Crippen molar-refractivity contribution in [2.45, 2.75) is 31.8 Å². The zero-order valence-corrected chi connectivity index (χ0v) is 18.6. The van der Waals surface area contributed by atoms with Gasteiger partial charge >= 0.3 is 0 Å². The minimum atomic E-state index is -1.01. The highest BCUT2D eigenvalue weighted by molar-refractivity contribution is 6.30. The van der Waals surface area contributed by atoms with Crippen LogP contribution in [0.1, 0.15) is 42.1 Å². The van der Waals surface area contributed by atoms with Gasteiger partial charge in [0.05, 0.1) is 0 Å². The standard InChI is InChI=1S/C26H24ClFN2O2/c1-25-15-3-2-6-22(25)24(32)30-17-5-4-16-29(23(31)18-7-13-21(28)14-8-18)26(25,30)19-9-11-20(27)12-10-19/h2-3,6-14H,4-5,15-17H2,1H3. The van der Waals surface area contributed by atoms with Gasteiger partial charge in [-0.25, -0.2) is 4.39 Å². The van der Waals surface area contributed by atoms with Gasteiger partial charge in [0.1, 0.15) is 5.82 Å². The summed E-state index contributed by atoms with van der Waals surface area (Å²) < 4.78 is 13.6. The van der Waals surface area contributed by atoms with Crippen LogP contribution in [0.3, 0.4) is 0 Å². The monoisotopic (exact) mass is 450 g/mol. The Morgan fingerprint density at radius 1 is 1.03 bits per heavy atom. The molecule has 2 atom stereocenters. The van der Waals surface area contributed by atoms with Crippen LogP contribution in [0.15, 0.2) is 72.3 Å². The van der Waals surface area contributed by atoms with Gasteiger partial charge in [0.15, 0.2) is 5.66 Å².